The monoisotopic (exact) mass is 334 g/mol. The van der Waals surface area contributed by atoms with Crippen molar-refractivity contribution in [2.24, 2.45) is 5.41 Å². The van der Waals surface area contributed by atoms with Crippen molar-refractivity contribution in [3.8, 4) is 5.75 Å². The van der Waals surface area contributed by atoms with E-state index in [1.807, 2.05) is 18.7 Å². The third-order valence-electron chi connectivity index (χ3n) is 4.88. The van der Waals surface area contributed by atoms with E-state index in [-0.39, 0.29) is 11.9 Å². The van der Waals surface area contributed by atoms with Crippen molar-refractivity contribution >= 4 is 11.8 Å². The highest BCUT2D eigenvalue weighted by Crippen LogP contribution is 2.37. The van der Waals surface area contributed by atoms with Crippen LogP contribution in [0.2, 0.25) is 0 Å². The normalized spacial score (nSPS) is 26.3. The Morgan fingerprint density at radius 2 is 2.17 bits per heavy atom. The highest BCUT2D eigenvalue weighted by molar-refractivity contribution is 5.94. The summed E-state index contributed by atoms with van der Waals surface area (Å²) in [6.45, 7) is 5.78. The zero-order valence-electron chi connectivity index (χ0n) is 13.9. The molecule has 0 aromatic heterocycles. The Labute approximate surface area is 140 Å². The zero-order valence-corrected chi connectivity index (χ0v) is 13.9. The molecule has 1 fully saturated rings. The Balaban J connectivity index is 1.89. The molecule has 0 radical (unpaired) electrons. The SMILES string of the molecule is CC1c2ccc(C(=O)NO)cc2OCCN1C(=O)[C@@]1(C)CCOC1. The summed E-state index contributed by atoms with van der Waals surface area (Å²) in [6.07, 6.45) is 0.721. The quantitative estimate of drug-likeness (QED) is 0.632. The maximum Gasteiger partial charge on any atom is 0.274 e. The number of nitrogens with one attached hydrogen (secondary N) is 1. The van der Waals surface area contributed by atoms with Crippen molar-refractivity contribution < 1.29 is 24.3 Å². The van der Waals surface area contributed by atoms with Crippen LogP contribution in [-0.4, -0.2) is 48.3 Å². The van der Waals surface area contributed by atoms with E-state index in [1.54, 1.807) is 23.7 Å². The van der Waals surface area contributed by atoms with Crippen LogP contribution in [0.3, 0.4) is 0 Å². The molecule has 1 saturated heterocycles. The molecule has 2 amide bonds. The Hall–Kier alpha value is -2.12. The number of amides is 2. The van der Waals surface area contributed by atoms with E-state index in [1.165, 1.54) is 0 Å². The number of fused-ring (bicyclic) bond motifs is 1. The molecule has 2 aliphatic heterocycles. The standard InChI is InChI=1S/C17H22N2O5/c1-11-13-4-3-12(15(20)18-22)9-14(13)24-8-6-19(11)16(21)17(2)5-7-23-10-17/h3-4,9,11,22H,5-8,10H2,1-2H3,(H,18,20)/t11?,17-/m0/s1. The second kappa shape index (κ2) is 6.41. The number of hydrogen-bond acceptors (Lipinski definition) is 5. The molecule has 7 heteroatoms. The van der Waals surface area contributed by atoms with E-state index in [9.17, 15) is 9.59 Å². The van der Waals surface area contributed by atoms with Crippen molar-refractivity contribution in [1.82, 2.24) is 10.4 Å². The third kappa shape index (κ3) is 2.85. The predicted octanol–water partition coefficient (Wildman–Crippen LogP) is 1.51. The van der Waals surface area contributed by atoms with E-state index in [0.29, 0.717) is 37.7 Å². The Bertz CT molecular complexity index is 654. The minimum absolute atomic E-state index is 0.0705. The van der Waals surface area contributed by atoms with Gasteiger partial charge in [0.2, 0.25) is 5.91 Å². The van der Waals surface area contributed by atoms with E-state index >= 15 is 0 Å². The van der Waals surface area contributed by atoms with Crippen LogP contribution in [0.4, 0.5) is 0 Å². The number of carbonyl (C=O) groups is 2. The third-order valence-corrected chi connectivity index (χ3v) is 4.88. The van der Waals surface area contributed by atoms with Crippen molar-refractivity contribution in [2.45, 2.75) is 26.3 Å². The van der Waals surface area contributed by atoms with Gasteiger partial charge >= 0.3 is 0 Å². The summed E-state index contributed by atoms with van der Waals surface area (Å²) in [5, 5.41) is 8.76. The average molecular weight is 334 g/mol. The van der Waals surface area contributed by atoms with Gasteiger partial charge in [0.15, 0.2) is 0 Å². The molecule has 1 aromatic rings. The highest BCUT2D eigenvalue weighted by Gasteiger charge is 2.42. The Morgan fingerprint density at radius 1 is 1.38 bits per heavy atom. The summed E-state index contributed by atoms with van der Waals surface area (Å²) in [5.74, 6) is 0.0368. The summed E-state index contributed by atoms with van der Waals surface area (Å²) in [5.41, 5.74) is 2.27. The molecule has 1 aromatic carbocycles. The van der Waals surface area contributed by atoms with Gasteiger partial charge in [-0.3, -0.25) is 14.8 Å². The van der Waals surface area contributed by atoms with Gasteiger partial charge in [-0.25, -0.2) is 5.48 Å². The number of ether oxygens (including phenoxy) is 2. The van der Waals surface area contributed by atoms with Crippen LogP contribution in [-0.2, 0) is 9.53 Å². The first-order valence-corrected chi connectivity index (χ1v) is 8.06. The first kappa shape index (κ1) is 16.7. The lowest BCUT2D eigenvalue weighted by Crippen LogP contribution is -2.45. The van der Waals surface area contributed by atoms with Crippen LogP contribution in [0.5, 0.6) is 5.75 Å². The fraction of sp³-hybridized carbons (Fsp3) is 0.529. The first-order valence-electron chi connectivity index (χ1n) is 8.06. The molecule has 130 valence electrons. The number of hydroxylamine groups is 1. The van der Waals surface area contributed by atoms with Gasteiger partial charge < -0.3 is 14.4 Å². The minimum Gasteiger partial charge on any atom is -0.491 e. The van der Waals surface area contributed by atoms with Gasteiger partial charge in [-0.15, -0.1) is 0 Å². The summed E-state index contributed by atoms with van der Waals surface area (Å²) in [4.78, 5) is 26.4. The molecule has 7 nitrogen and oxygen atoms in total. The van der Waals surface area contributed by atoms with Gasteiger partial charge in [-0.05, 0) is 32.4 Å². The number of rotatable bonds is 2. The second-order valence-electron chi connectivity index (χ2n) is 6.58. The van der Waals surface area contributed by atoms with Crippen molar-refractivity contribution in [2.75, 3.05) is 26.4 Å². The van der Waals surface area contributed by atoms with Gasteiger partial charge in [-0.1, -0.05) is 6.07 Å². The fourth-order valence-corrected chi connectivity index (χ4v) is 3.29. The van der Waals surface area contributed by atoms with Crippen LogP contribution in [0.15, 0.2) is 18.2 Å². The molecule has 0 saturated carbocycles. The molecule has 2 N–H and O–H groups in total. The molecule has 0 bridgehead atoms. The molecule has 24 heavy (non-hydrogen) atoms. The van der Waals surface area contributed by atoms with Gasteiger partial charge in [0.1, 0.15) is 12.4 Å². The lowest BCUT2D eigenvalue weighted by atomic mass is 9.87. The molecular formula is C17H22N2O5. The van der Waals surface area contributed by atoms with E-state index < -0.39 is 11.3 Å². The molecule has 2 aliphatic rings. The van der Waals surface area contributed by atoms with E-state index in [2.05, 4.69) is 0 Å². The van der Waals surface area contributed by atoms with Crippen LogP contribution in [0.25, 0.3) is 0 Å². The molecule has 2 heterocycles. The van der Waals surface area contributed by atoms with Crippen molar-refractivity contribution in [3.63, 3.8) is 0 Å². The van der Waals surface area contributed by atoms with Crippen LogP contribution < -0.4 is 10.2 Å². The summed E-state index contributed by atoms with van der Waals surface area (Å²) >= 11 is 0. The van der Waals surface area contributed by atoms with Crippen LogP contribution in [0, 0.1) is 5.41 Å². The highest BCUT2D eigenvalue weighted by atomic mass is 16.5. The average Bonchev–Trinajstić information content (AvgIpc) is 2.97. The van der Waals surface area contributed by atoms with E-state index in [4.69, 9.17) is 14.7 Å². The maximum atomic E-state index is 13.0. The van der Waals surface area contributed by atoms with Gasteiger partial charge in [0.05, 0.1) is 24.6 Å². The van der Waals surface area contributed by atoms with Crippen molar-refractivity contribution in [3.05, 3.63) is 29.3 Å². The Morgan fingerprint density at radius 3 is 2.83 bits per heavy atom. The van der Waals surface area contributed by atoms with Gasteiger partial charge in [-0.2, -0.15) is 0 Å². The number of hydrogen-bond donors (Lipinski definition) is 2. The fourth-order valence-electron chi connectivity index (χ4n) is 3.29. The van der Waals surface area contributed by atoms with E-state index in [0.717, 1.165) is 12.0 Å². The maximum absolute atomic E-state index is 13.0. The van der Waals surface area contributed by atoms with Crippen LogP contribution >= 0.6 is 0 Å². The summed E-state index contributed by atoms with van der Waals surface area (Å²) in [6, 6.07) is 4.80. The molecular weight excluding hydrogens is 312 g/mol. The van der Waals surface area contributed by atoms with Crippen LogP contribution in [0.1, 0.15) is 42.2 Å². The van der Waals surface area contributed by atoms with Crippen molar-refractivity contribution in [1.29, 1.82) is 0 Å². The molecule has 0 aliphatic carbocycles. The molecule has 2 atom stereocenters. The minimum atomic E-state index is -0.596. The number of carbonyl (C=O) groups excluding carboxylic acids is 2. The predicted molar refractivity (Wildman–Crippen MR) is 84.9 cm³/mol. The zero-order chi connectivity index (χ0) is 17.3. The lowest BCUT2D eigenvalue weighted by molar-refractivity contribution is -0.143. The summed E-state index contributed by atoms with van der Waals surface area (Å²) in [7, 11) is 0. The largest absolute Gasteiger partial charge is 0.491 e. The van der Waals surface area contributed by atoms with Gasteiger partial charge in [0.25, 0.3) is 5.91 Å². The lowest BCUT2D eigenvalue weighted by Gasteiger charge is -2.33. The summed E-state index contributed by atoms with van der Waals surface area (Å²) < 4.78 is 11.2. The molecule has 1 unspecified atom stereocenters. The number of nitrogens with zero attached hydrogens (tertiary/aromatic N) is 1. The second-order valence-corrected chi connectivity index (χ2v) is 6.58. The van der Waals surface area contributed by atoms with Gasteiger partial charge in [0, 0.05) is 17.7 Å². The topological polar surface area (TPSA) is 88.1 Å². The Kier molecular flexibility index (Phi) is 4.47. The first-order chi connectivity index (χ1) is 11.5. The molecule has 3 rings (SSSR count). The number of benzene rings is 1. The smallest absolute Gasteiger partial charge is 0.274 e. The molecule has 0 spiro atoms.